The summed E-state index contributed by atoms with van der Waals surface area (Å²) >= 11 is 0. The zero-order chi connectivity index (χ0) is 20.5. The third-order valence-corrected chi connectivity index (χ3v) is 5.73. The number of H-pyrrole nitrogens is 1. The number of imidazole rings is 1. The van der Waals surface area contributed by atoms with Gasteiger partial charge in [-0.15, -0.1) is 0 Å². The van der Waals surface area contributed by atoms with E-state index >= 15 is 0 Å². The van der Waals surface area contributed by atoms with Gasteiger partial charge in [0.25, 0.3) is 0 Å². The molecule has 0 aliphatic carbocycles. The van der Waals surface area contributed by atoms with E-state index in [1.54, 1.807) is 12.5 Å². The standard InChI is InChI=1S/C23H22N6O/c1-16(17-6-3-2-4-7-17)19-14-21(26-15-25-19)28-12-9-18(10-13-28)29-20-8-5-11-24-22(20)27-23(29)30/h2-8,11,14-15,18H,1,9-10,12-13H2,(H,24,27,30). The highest BCUT2D eigenvalue weighted by Gasteiger charge is 2.24. The van der Waals surface area contributed by atoms with Crippen LogP contribution in [0.4, 0.5) is 5.82 Å². The van der Waals surface area contributed by atoms with Crippen molar-refractivity contribution in [2.75, 3.05) is 18.0 Å². The number of piperidine rings is 1. The number of aromatic nitrogens is 5. The fourth-order valence-electron chi connectivity index (χ4n) is 4.15. The molecule has 5 rings (SSSR count). The number of hydrogen-bond acceptors (Lipinski definition) is 5. The van der Waals surface area contributed by atoms with Crippen LogP contribution in [0, 0.1) is 0 Å². The topological polar surface area (TPSA) is 79.7 Å². The quantitative estimate of drug-likeness (QED) is 0.570. The molecule has 1 aliphatic heterocycles. The van der Waals surface area contributed by atoms with Crippen molar-refractivity contribution in [3.63, 3.8) is 0 Å². The van der Waals surface area contributed by atoms with Crippen LogP contribution in [0.3, 0.4) is 0 Å². The Morgan fingerprint density at radius 1 is 1.03 bits per heavy atom. The Morgan fingerprint density at radius 2 is 1.83 bits per heavy atom. The van der Waals surface area contributed by atoms with Gasteiger partial charge in [-0.1, -0.05) is 36.9 Å². The molecule has 1 N–H and O–H groups in total. The maximum Gasteiger partial charge on any atom is 0.327 e. The molecule has 1 fully saturated rings. The Morgan fingerprint density at radius 3 is 2.63 bits per heavy atom. The average molecular weight is 398 g/mol. The van der Waals surface area contributed by atoms with Gasteiger partial charge < -0.3 is 4.90 Å². The molecule has 0 saturated carbocycles. The van der Waals surface area contributed by atoms with Crippen LogP contribution < -0.4 is 10.6 Å². The first-order valence-electron chi connectivity index (χ1n) is 10.1. The molecule has 0 bridgehead atoms. The van der Waals surface area contributed by atoms with E-state index in [-0.39, 0.29) is 11.7 Å². The molecule has 0 atom stereocenters. The lowest BCUT2D eigenvalue weighted by atomic mass is 10.0. The molecule has 7 nitrogen and oxygen atoms in total. The van der Waals surface area contributed by atoms with Crippen LogP contribution >= 0.6 is 0 Å². The van der Waals surface area contributed by atoms with Crippen LogP contribution in [0.5, 0.6) is 0 Å². The highest BCUT2D eigenvalue weighted by Crippen LogP contribution is 2.28. The second-order valence-electron chi connectivity index (χ2n) is 7.50. The van der Waals surface area contributed by atoms with Gasteiger partial charge in [-0.25, -0.2) is 19.7 Å². The summed E-state index contributed by atoms with van der Waals surface area (Å²) in [7, 11) is 0. The third-order valence-electron chi connectivity index (χ3n) is 5.73. The molecule has 0 unspecified atom stereocenters. The molecule has 1 aliphatic rings. The van der Waals surface area contributed by atoms with Gasteiger partial charge in [0.05, 0.1) is 11.2 Å². The minimum atomic E-state index is -0.0920. The lowest BCUT2D eigenvalue weighted by molar-refractivity contribution is 0.395. The number of pyridine rings is 1. The number of nitrogens with one attached hydrogen (secondary N) is 1. The second-order valence-corrected chi connectivity index (χ2v) is 7.50. The number of hydrogen-bond donors (Lipinski definition) is 1. The van der Waals surface area contributed by atoms with Crippen LogP contribution in [-0.2, 0) is 0 Å². The van der Waals surface area contributed by atoms with Crippen molar-refractivity contribution < 1.29 is 0 Å². The Balaban J connectivity index is 1.34. The first-order valence-corrected chi connectivity index (χ1v) is 10.1. The summed E-state index contributed by atoms with van der Waals surface area (Å²) in [6.07, 6.45) is 5.02. The van der Waals surface area contributed by atoms with Crippen molar-refractivity contribution >= 4 is 22.6 Å². The molecule has 0 radical (unpaired) electrons. The Labute approximate surface area is 173 Å². The van der Waals surface area contributed by atoms with Gasteiger partial charge >= 0.3 is 5.69 Å². The molecule has 4 aromatic rings. The van der Waals surface area contributed by atoms with Crippen LogP contribution in [0.25, 0.3) is 16.7 Å². The van der Waals surface area contributed by atoms with E-state index in [4.69, 9.17) is 0 Å². The average Bonchev–Trinajstić information content (AvgIpc) is 3.15. The molecule has 30 heavy (non-hydrogen) atoms. The predicted molar refractivity (Wildman–Crippen MR) is 117 cm³/mol. The van der Waals surface area contributed by atoms with Crippen molar-refractivity contribution in [2.24, 2.45) is 0 Å². The molecule has 0 spiro atoms. The van der Waals surface area contributed by atoms with Crippen LogP contribution in [0.2, 0.25) is 0 Å². The molecule has 7 heteroatoms. The minimum absolute atomic E-state index is 0.0920. The summed E-state index contributed by atoms with van der Waals surface area (Å²) in [6.45, 7) is 5.85. The highest BCUT2D eigenvalue weighted by atomic mass is 16.1. The van der Waals surface area contributed by atoms with Crippen molar-refractivity contribution in [1.82, 2.24) is 24.5 Å². The number of nitrogens with zero attached hydrogens (tertiary/aromatic N) is 5. The number of benzene rings is 1. The van der Waals surface area contributed by atoms with Crippen LogP contribution in [0.15, 0.2) is 72.4 Å². The van der Waals surface area contributed by atoms with Crippen molar-refractivity contribution in [3.05, 3.63) is 89.4 Å². The van der Waals surface area contributed by atoms with Gasteiger partial charge in [-0.2, -0.15) is 0 Å². The number of aromatic amines is 1. The van der Waals surface area contributed by atoms with Crippen molar-refractivity contribution in [1.29, 1.82) is 0 Å². The molecule has 150 valence electrons. The Kier molecular flexibility index (Phi) is 4.63. The molecule has 4 heterocycles. The van der Waals surface area contributed by atoms with Crippen molar-refractivity contribution in [2.45, 2.75) is 18.9 Å². The summed E-state index contributed by atoms with van der Waals surface area (Å²) in [5.74, 6) is 0.892. The van der Waals surface area contributed by atoms with E-state index in [1.165, 1.54) is 0 Å². The first kappa shape index (κ1) is 18.3. The summed E-state index contributed by atoms with van der Waals surface area (Å²) in [6, 6.07) is 16.0. The summed E-state index contributed by atoms with van der Waals surface area (Å²) in [4.78, 5) is 30.7. The predicted octanol–water partition coefficient (Wildman–Crippen LogP) is 3.42. The first-order chi connectivity index (χ1) is 14.7. The second kappa shape index (κ2) is 7.59. The lowest BCUT2D eigenvalue weighted by Gasteiger charge is -2.33. The largest absolute Gasteiger partial charge is 0.356 e. The van der Waals surface area contributed by atoms with Gasteiger partial charge in [0.2, 0.25) is 0 Å². The van der Waals surface area contributed by atoms with Gasteiger partial charge in [-0.05, 0) is 30.5 Å². The van der Waals surface area contributed by atoms with E-state index in [2.05, 4.69) is 31.4 Å². The van der Waals surface area contributed by atoms with Crippen LogP contribution in [-0.4, -0.2) is 37.6 Å². The number of anilines is 1. The zero-order valence-corrected chi connectivity index (χ0v) is 16.5. The van der Waals surface area contributed by atoms with Gasteiger partial charge in [0, 0.05) is 37.0 Å². The number of fused-ring (bicyclic) bond motifs is 1. The fourth-order valence-corrected chi connectivity index (χ4v) is 4.15. The minimum Gasteiger partial charge on any atom is -0.356 e. The monoisotopic (exact) mass is 398 g/mol. The number of rotatable bonds is 4. The van der Waals surface area contributed by atoms with Gasteiger partial charge in [0.1, 0.15) is 12.1 Å². The van der Waals surface area contributed by atoms with Crippen molar-refractivity contribution in [3.8, 4) is 0 Å². The Bertz CT molecular complexity index is 1250. The maximum absolute atomic E-state index is 12.5. The highest BCUT2D eigenvalue weighted by molar-refractivity contribution is 5.77. The van der Waals surface area contributed by atoms with E-state index in [1.807, 2.05) is 53.1 Å². The maximum atomic E-state index is 12.5. The lowest BCUT2D eigenvalue weighted by Crippen LogP contribution is -2.37. The van der Waals surface area contributed by atoms with Gasteiger partial charge in [-0.3, -0.25) is 9.55 Å². The van der Waals surface area contributed by atoms with E-state index in [9.17, 15) is 4.79 Å². The normalized spacial score (nSPS) is 14.9. The molecular weight excluding hydrogens is 376 g/mol. The van der Waals surface area contributed by atoms with E-state index in [0.717, 1.165) is 54.1 Å². The zero-order valence-electron chi connectivity index (χ0n) is 16.5. The molecule has 0 amide bonds. The SMILES string of the molecule is C=C(c1ccccc1)c1cc(N2CCC(n3c(=O)[nH]c4ncccc43)CC2)ncn1. The molecule has 3 aromatic heterocycles. The summed E-state index contributed by atoms with van der Waals surface area (Å²) in [5, 5.41) is 0. The smallest absolute Gasteiger partial charge is 0.327 e. The summed E-state index contributed by atoms with van der Waals surface area (Å²) in [5.41, 5.74) is 4.17. The van der Waals surface area contributed by atoms with Gasteiger partial charge in [0.15, 0.2) is 5.65 Å². The Hall–Kier alpha value is -3.74. The summed E-state index contributed by atoms with van der Waals surface area (Å²) < 4.78 is 1.85. The fraction of sp³-hybridized carbons (Fsp3) is 0.217. The molecule has 1 aromatic carbocycles. The van der Waals surface area contributed by atoms with E-state index in [0.29, 0.717) is 5.65 Å². The third kappa shape index (κ3) is 3.28. The van der Waals surface area contributed by atoms with Crippen LogP contribution in [0.1, 0.15) is 30.1 Å². The van der Waals surface area contributed by atoms with E-state index < -0.39 is 0 Å². The molecular formula is C23H22N6O. The molecule has 1 saturated heterocycles.